The van der Waals surface area contributed by atoms with E-state index in [0.29, 0.717) is 32.7 Å². The molecule has 0 aromatic heterocycles. The number of amides is 2. The van der Waals surface area contributed by atoms with Gasteiger partial charge in [0.2, 0.25) is 5.91 Å². The summed E-state index contributed by atoms with van der Waals surface area (Å²) in [5, 5.41) is 15.8. The Hall–Kier alpha value is -4.11. The fraction of sp³-hybridized carbons (Fsp3) is 0.148. The van der Waals surface area contributed by atoms with E-state index in [-0.39, 0.29) is 11.5 Å². The molecule has 0 spiro atoms. The van der Waals surface area contributed by atoms with Crippen LogP contribution in [0.4, 0.5) is 21.9 Å². The second-order valence-corrected chi connectivity index (χ2v) is 9.00. The standard InChI is InChI=1S/C27H26BrN3O5/c1-16(7-14-25(34)31-23-6-4-3-5-22(23)29)26(21-15-19(28)10-13-24(21)33)36-27(35)30-20-11-8-18(9-12-20)17(2)32/h3-16,26,33H,29H2,1-2H3,(H,30,35)(H,31,34)/b14-7+/t16-,26+/m1/s1. The molecule has 0 heterocycles. The van der Waals surface area contributed by atoms with E-state index in [2.05, 4.69) is 26.6 Å². The number of ketones is 1. The van der Waals surface area contributed by atoms with Crippen molar-refractivity contribution in [3.63, 3.8) is 0 Å². The molecule has 0 saturated carbocycles. The zero-order chi connectivity index (χ0) is 26.2. The first kappa shape index (κ1) is 26.5. The monoisotopic (exact) mass is 551 g/mol. The van der Waals surface area contributed by atoms with Crippen molar-refractivity contribution in [2.24, 2.45) is 5.92 Å². The second-order valence-electron chi connectivity index (χ2n) is 8.08. The Kier molecular flexibility index (Phi) is 8.86. The Labute approximate surface area is 217 Å². The van der Waals surface area contributed by atoms with Crippen molar-refractivity contribution in [3.05, 3.63) is 94.5 Å². The number of carbonyl (C=O) groups excluding carboxylic acids is 3. The Morgan fingerprint density at radius 3 is 2.39 bits per heavy atom. The molecule has 8 nitrogen and oxygen atoms in total. The fourth-order valence-electron chi connectivity index (χ4n) is 3.38. The minimum Gasteiger partial charge on any atom is -0.508 e. The van der Waals surface area contributed by atoms with Crippen LogP contribution in [0.3, 0.4) is 0 Å². The van der Waals surface area contributed by atoms with Gasteiger partial charge in [-0.15, -0.1) is 0 Å². The van der Waals surface area contributed by atoms with Gasteiger partial charge in [-0.2, -0.15) is 0 Å². The lowest BCUT2D eigenvalue weighted by molar-refractivity contribution is -0.111. The van der Waals surface area contributed by atoms with Crippen molar-refractivity contribution in [1.82, 2.24) is 0 Å². The highest BCUT2D eigenvalue weighted by Crippen LogP contribution is 2.35. The van der Waals surface area contributed by atoms with Crippen LogP contribution in [-0.2, 0) is 9.53 Å². The highest BCUT2D eigenvalue weighted by atomic mass is 79.9. The molecule has 0 bridgehead atoms. The lowest BCUT2D eigenvalue weighted by atomic mass is 9.96. The molecule has 36 heavy (non-hydrogen) atoms. The summed E-state index contributed by atoms with van der Waals surface area (Å²) < 4.78 is 6.36. The Balaban J connectivity index is 1.77. The summed E-state index contributed by atoms with van der Waals surface area (Å²) in [6.45, 7) is 3.20. The zero-order valence-corrected chi connectivity index (χ0v) is 21.3. The molecule has 3 rings (SSSR count). The maximum Gasteiger partial charge on any atom is 0.412 e. The minimum atomic E-state index is -0.926. The highest BCUT2D eigenvalue weighted by Gasteiger charge is 2.25. The summed E-state index contributed by atoms with van der Waals surface area (Å²) in [7, 11) is 0. The Morgan fingerprint density at radius 1 is 1.03 bits per heavy atom. The van der Waals surface area contributed by atoms with Crippen LogP contribution in [0.5, 0.6) is 5.75 Å². The molecule has 0 aliphatic carbocycles. The molecule has 0 fully saturated rings. The smallest absolute Gasteiger partial charge is 0.412 e. The van der Waals surface area contributed by atoms with Gasteiger partial charge in [-0.3, -0.25) is 14.9 Å². The van der Waals surface area contributed by atoms with Gasteiger partial charge in [0.05, 0.1) is 11.4 Å². The largest absolute Gasteiger partial charge is 0.508 e. The lowest BCUT2D eigenvalue weighted by Crippen LogP contribution is -2.21. The van der Waals surface area contributed by atoms with Gasteiger partial charge in [-0.1, -0.05) is 41.1 Å². The predicted octanol–water partition coefficient (Wildman–Crippen LogP) is 6.06. The molecule has 0 radical (unpaired) electrons. The maximum atomic E-state index is 12.7. The number of ether oxygens (including phenoxy) is 1. The van der Waals surface area contributed by atoms with Crippen LogP contribution in [0.2, 0.25) is 0 Å². The first-order chi connectivity index (χ1) is 17.1. The van der Waals surface area contributed by atoms with Crippen molar-refractivity contribution in [2.45, 2.75) is 20.0 Å². The molecule has 0 aliphatic heterocycles. The number of rotatable bonds is 8. The van der Waals surface area contributed by atoms with Gasteiger partial charge in [-0.25, -0.2) is 4.79 Å². The first-order valence-corrected chi connectivity index (χ1v) is 11.8. The first-order valence-electron chi connectivity index (χ1n) is 11.0. The molecule has 0 unspecified atom stereocenters. The van der Waals surface area contributed by atoms with Gasteiger partial charge in [-0.05, 0) is 67.6 Å². The van der Waals surface area contributed by atoms with E-state index in [9.17, 15) is 19.5 Å². The van der Waals surface area contributed by atoms with Crippen LogP contribution in [0, 0.1) is 5.92 Å². The van der Waals surface area contributed by atoms with Crippen molar-refractivity contribution < 1.29 is 24.2 Å². The van der Waals surface area contributed by atoms with Crippen LogP contribution in [0.25, 0.3) is 0 Å². The number of hydrogen-bond donors (Lipinski definition) is 4. The average Bonchev–Trinajstić information content (AvgIpc) is 2.84. The van der Waals surface area contributed by atoms with Crippen molar-refractivity contribution in [3.8, 4) is 5.75 Å². The number of Topliss-reactive ketones (excluding diaryl/α,β-unsaturated/α-hetero) is 1. The highest BCUT2D eigenvalue weighted by molar-refractivity contribution is 9.10. The fourth-order valence-corrected chi connectivity index (χ4v) is 3.76. The molecule has 9 heteroatoms. The molecule has 5 N–H and O–H groups in total. The van der Waals surface area contributed by atoms with Crippen molar-refractivity contribution >= 4 is 50.8 Å². The molecular formula is C27H26BrN3O5. The number of phenolic OH excluding ortho intramolecular Hbond substituents is 1. The lowest BCUT2D eigenvalue weighted by Gasteiger charge is -2.24. The molecule has 3 aromatic rings. The average molecular weight is 552 g/mol. The van der Waals surface area contributed by atoms with Crippen molar-refractivity contribution in [1.29, 1.82) is 0 Å². The van der Waals surface area contributed by atoms with Crippen LogP contribution in [0.15, 0.2) is 83.4 Å². The number of phenols is 1. The number of hydrogen-bond acceptors (Lipinski definition) is 6. The number of nitrogens with two attached hydrogens (primary N) is 1. The number of halogens is 1. The number of anilines is 3. The quantitative estimate of drug-likeness (QED) is 0.153. The van der Waals surface area contributed by atoms with Gasteiger partial charge >= 0.3 is 6.09 Å². The van der Waals surface area contributed by atoms with E-state index in [1.807, 2.05) is 0 Å². The normalized spacial score (nSPS) is 12.5. The number of nitrogen functional groups attached to an aromatic ring is 1. The molecule has 186 valence electrons. The SMILES string of the molecule is CC(=O)c1ccc(NC(=O)O[C@H](c2cc(Br)ccc2O)[C@H](C)/C=C/C(=O)Nc2ccccc2N)cc1. The van der Waals surface area contributed by atoms with Crippen molar-refractivity contribution in [2.75, 3.05) is 16.4 Å². The molecule has 0 aliphatic rings. The van der Waals surface area contributed by atoms with Crippen LogP contribution >= 0.6 is 15.9 Å². The predicted molar refractivity (Wildman–Crippen MR) is 143 cm³/mol. The molecule has 0 saturated heterocycles. The third kappa shape index (κ3) is 7.19. The van der Waals surface area contributed by atoms with Gasteiger partial charge < -0.3 is 20.9 Å². The van der Waals surface area contributed by atoms with Crippen LogP contribution < -0.4 is 16.4 Å². The number of benzene rings is 3. The van der Waals surface area contributed by atoms with Gasteiger partial charge in [0.15, 0.2) is 5.78 Å². The molecular weight excluding hydrogens is 526 g/mol. The summed E-state index contributed by atoms with van der Waals surface area (Å²) in [6, 6.07) is 18.0. The summed E-state index contributed by atoms with van der Waals surface area (Å²) in [5.41, 5.74) is 8.09. The molecule has 2 atom stereocenters. The van der Waals surface area contributed by atoms with E-state index < -0.39 is 24.0 Å². The maximum absolute atomic E-state index is 12.7. The summed E-state index contributed by atoms with van der Waals surface area (Å²) in [5.74, 6) is -1.07. The van der Waals surface area contributed by atoms with Gasteiger partial charge in [0, 0.05) is 27.2 Å². The molecule has 3 aromatic carbocycles. The number of carbonyl (C=O) groups is 3. The van der Waals surface area contributed by atoms with Gasteiger partial charge in [0.1, 0.15) is 11.9 Å². The summed E-state index contributed by atoms with van der Waals surface area (Å²) in [6.07, 6.45) is 1.21. The third-order valence-corrected chi connectivity index (χ3v) is 5.81. The zero-order valence-electron chi connectivity index (χ0n) is 19.7. The number of para-hydroxylation sites is 2. The summed E-state index contributed by atoms with van der Waals surface area (Å²) >= 11 is 3.37. The second kappa shape index (κ2) is 12.0. The third-order valence-electron chi connectivity index (χ3n) is 5.32. The summed E-state index contributed by atoms with van der Waals surface area (Å²) in [4.78, 5) is 36.6. The van der Waals surface area contributed by atoms with E-state index in [1.54, 1.807) is 73.7 Å². The van der Waals surface area contributed by atoms with E-state index in [4.69, 9.17) is 10.5 Å². The van der Waals surface area contributed by atoms with Crippen LogP contribution in [0.1, 0.15) is 35.9 Å². The van der Waals surface area contributed by atoms with Gasteiger partial charge in [0.25, 0.3) is 0 Å². The minimum absolute atomic E-state index is 0.0661. The Morgan fingerprint density at radius 2 is 1.72 bits per heavy atom. The van der Waals surface area contributed by atoms with E-state index in [0.717, 1.165) is 0 Å². The molecule has 2 amide bonds. The number of aromatic hydroxyl groups is 1. The number of nitrogens with one attached hydrogen (secondary N) is 2. The van der Waals surface area contributed by atoms with E-state index >= 15 is 0 Å². The van der Waals surface area contributed by atoms with Crippen LogP contribution in [-0.4, -0.2) is 22.9 Å². The Bertz CT molecular complexity index is 1290. The topological polar surface area (TPSA) is 131 Å². The van der Waals surface area contributed by atoms with E-state index in [1.165, 1.54) is 19.1 Å².